The van der Waals surface area contributed by atoms with E-state index in [1.54, 1.807) is 0 Å². The fraction of sp³-hybridized carbons (Fsp3) is 0.172. The summed E-state index contributed by atoms with van der Waals surface area (Å²) in [6.45, 7) is 4.20. The van der Waals surface area contributed by atoms with Gasteiger partial charge in [0, 0.05) is 33.5 Å². The molecule has 4 heteroatoms. The monoisotopic (exact) mass is 472 g/mol. The van der Waals surface area contributed by atoms with Crippen molar-refractivity contribution in [1.29, 1.82) is 0 Å². The van der Waals surface area contributed by atoms with E-state index in [0.717, 1.165) is 21.2 Å². The predicted molar refractivity (Wildman–Crippen MR) is 143 cm³/mol. The summed E-state index contributed by atoms with van der Waals surface area (Å²) in [6.07, 6.45) is 0.884. The zero-order chi connectivity index (χ0) is 23.4. The summed E-state index contributed by atoms with van der Waals surface area (Å²) in [7, 11) is -5.87. The van der Waals surface area contributed by atoms with Gasteiger partial charge in [-0.3, -0.25) is 0 Å². The van der Waals surface area contributed by atoms with E-state index < -0.39 is 19.7 Å². The third-order valence-electron chi connectivity index (χ3n) is 5.99. The van der Waals surface area contributed by atoms with E-state index in [0.29, 0.717) is 12.3 Å². The largest absolute Gasteiger partial charge is 0.314 e. The minimum absolute atomic E-state index is 0.442. The Morgan fingerprint density at radius 3 is 0.879 bits per heavy atom. The third kappa shape index (κ3) is 5.14. The first-order valence-corrected chi connectivity index (χ1v) is 15.0. The predicted octanol–water partition coefficient (Wildman–Crippen LogP) is 6.04. The Balaban J connectivity index is 1.77. The van der Waals surface area contributed by atoms with Gasteiger partial charge >= 0.3 is 0 Å². The maximum absolute atomic E-state index is 14.7. The molecule has 0 amide bonds. The summed E-state index contributed by atoms with van der Waals surface area (Å²) in [5, 5.41) is 3.38. The lowest BCUT2D eigenvalue weighted by atomic mass is 10.00. The molecule has 168 valence electrons. The number of benzene rings is 4. The van der Waals surface area contributed by atoms with Gasteiger partial charge in [-0.05, 0) is 5.41 Å². The van der Waals surface area contributed by atoms with E-state index >= 15 is 0 Å². The number of rotatable bonds is 8. The highest BCUT2D eigenvalue weighted by Crippen LogP contribution is 2.54. The highest BCUT2D eigenvalue weighted by atomic mass is 31.2. The van der Waals surface area contributed by atoms with Gasteiger partial charge in [-0.15, -0.1) is 0 Å². The van der Waals surface area contributed by atoms with Gasteiger partial charge < -0.3 is 9.13 Å². The number of hydrogen-bond donors (Lipinski definition) is 0. The zero-order valence-corrected chi connectivity index (χ0v) is 21.0. The summed E-state index contributed by atoms with van der Waals surface area (Å²) >= 11 is 0. The Bertz CT molecular complexity index is 1080. The summed E-state index contributed by atoms with van der Waals surface area (Å²) in [4.78, 5) is 0. The van der Waals surface area contributed by atoms with Gasteiger partial charge in [-0.2, -0.15) is 0 Å². The Kier molecular flexibility index (Phi) is 6.89. The highest BCUT2D eigenvalue weighted by molar-refractivity contribution is 7.79. The van der Waals surface area contributed by atoms with Crippen LogP contribution in [0, 0.1) is 5.41 Å². The van der Waals surface area contributed by atoms with Crippen molar-refractivity contribution >= 4 is 35.5 Å². The Morgan fingerprint density at radius 1 is 0.455 bits per heavy atom. The molecule has 0 aliphatic carbocycles. The van der Waals surface area contributed by atoms with Crippen molar-refractivity contribution in [2.45, 2.75) is 13.8 Å². The Labute approximate surface area is 197 Å². The van der Waals surface area contributed by atoms with Crippen molar-refractivity contribution in [2.75, 3.05) is 12.3 Å². The highest BCUT2D eigenvalue weighted by Gasteiger charge is 2.40. The average molecular weight is 473 g/mol. The van der Waals surface area contributed by atoms with Crippen molar-refractivity contribution in [3.63, 3.8) is 0 Å². The lowest BCUT2D eigenvalue weighted by Gasteiger charge is -2.34. The van der Waals surface area contributed by atoms with Gasteiger partial charge in [0.15, 0.2) is 0 Å². The second kappa shape index (κ2) is 9.68. The van der Waals surface area contributed by atoms with Crippen molar-refractivity contribution in [3.05, 3.63) is 121 Å². The first-order chi connectivity index (χ1) is 15.8. The molecule has 0 spiro atoms. The molecular formula is C29H30O2P2. The molecule has 0 atom stereocenters. The van der Waals surface area contributed by atoms with Crippen molar-refractivity contribution in [2.24, 2.45) is 5.41 Å². The van der Waals surface area contributed by atoms with Crippen LogP contribution in [0.5, 0.6) is 0 Å². The van der Waals surface area contributed by atoms with E-state index in [2.05, 4.69) is 13.8 Å². The molecule has 0 radical (unpaired) electrons. The quantitative estimate of drug-likeness (QED) is 0.293. The molecular weight excluding hydrogens is 442 g/mol. The molecule has 0 heterocycles. The topological polar surface area (TPSA) is 34.1 Å². The van der Waals surface area contributed by atoms with Crippen molar-refractivity contribution < 1.29 is 9.13 Å². The van der Waals surface area contributed by atoms with Crippen molar-refractivity contribution in [3.8, 4) is 0 Å². The van der Waals surface area contributed by atoms with E-state index in [1.807, 2.05) is 121 Å². The molecule has 0 saturated heterocycles. The van der Waals surface area contributed by atoms with Crippen LogP contribution in [0.15, 0.2) is 121 Å². The molecule has 0 aromatic heterocycles. The maximum atomic E-state index is 14.7. The first-order valence-electron chi connectivity index (χ1n) is 11.2. The van der Waals surface area contributed by atoms with Crippen LogP contribution in [0.4, 0.5) is 0 Å². The van der Waals surface area contributed by atoms with Crippen LogP contribution in [0.3, 0.4) is 0 Å². The maximum Gasteiger partial charge on any atom is 0.143 e. The molecule has 4 aromatic rings. The van der Waals surface area contributed by atoms with Crippen LogP contribution in [-0.4, -0.2) is 12.3 Å². The molecule has 4 rings (SSSR count). The number of hydrogen-bond acceptors (Lipinski definition) is 2. The lowest BCUT2D eigenvalue weighted by molar-refractivity contribution is 0.463. The Hall–Kier alpha value is -2.66. The molecule has 0 aliphatic rings. The molecule has 0 aliphatic heterocycles. The van der Waals surface area contributed by atoms with E-state index in [9.17, 15) is 9.13 Å². The second-order valence-corrected chi connectivity index (χ2v) is 15.0. The lowest BCUT2D eigenvalue weighted by Crippen LogP contribution is -2.33. The molecule has 0 saturated carbocycles. The van der Waals surface area contributed by atoms with Gasteiger partial charge in [0.1, 0.15) is 14.3 Å². The van der Waals surface area contributed by atoms with Gasteiger partial charge in [0.25, 0.3) is 0 Å². The van der Waals surface area contributed by atoms with Crippen molar-refractivity contribution in [1.82, 2.24) is 0 Å². The smallest absolute Gasteiger partial charge is 0.143 e. The van der Waals surface area contributed by atoms with E-state index in [1.165, 1.54) is 0 Å². The fourth-order valence-corrected chi connectivity index (χ4v) is 11.3. The summed E-state index contributed by atoms with van der Waals surface area (Å²) in [6, 6.07) is 39.0. The minimum atomic E-state index is -2.94. The van der Waals surface area contributed by atoms with Crippen LogP contribution < -0.4 is 21.2 Å². The molecule has 33 heavy (non-hydrogen) atoms. The molecule has 2 nitrogen and oxygen atoms in total. The van der Waals surface area contributed by atoms with E-state index in [-0.39, 0.29) is 0 Å². The molecule has 0 bridgehead atoms. The first kappa shape index (κ1) is 23.5. The third-order valence-corrected chi connectivity index (χ3v) is 13.1. The summed E-state index contributed by atoms with van der Waals surface area (Å²) < 4.78 is 29.4. The Morgan fingerprint density at radius 2 is 0.667 bits per heavy atom. The minimum Gasteiger partial charge on any atom is -0.314 e. The molecule has 0 unspecified atom stereocenters. The summed E-state index contributed by atoms with van der Waals surface area (Å²) in [5.41, 5.74) is -0.442. The van der Waals surface area contributed by atoms with Gasteiger partial charge in [-0.1, -0.05) is 135 Å². The van der Waals surface area contributed by atoms with E-state index in [4.69, 9.17) is 0 Å². The fourth-order valence-electron chi connectivity index (χ4n) is 4.59. The molecule has 0 fully saturated rings. The van der Waals surface area contributed by atoms with Gasteiger partial charge in [-0.25, -0.2) is 0 Å². The standard InChI is InChI=1S/C29H30O2P2/c1-29(2,23-32(30,25-15-7-3-8-16-25)26-17-9-4-10-18-26)24-33(31,27-19-11-5-12-20-27)28-21-13-6-14-22-28/h3-22H,23-24H2,1-2H3. The molecule has 0 N–H and O–H groups in total. The normalized spacial score (nSPS) is 12.4. The van der Waals surface area contributed by atoms with Crippen LogP contribution >= 0.6 is 14.3 Å². The van der Waals surface area contributed by atoms with Crippen LogP contribution in [-0.2, 0) is 9.13 Å². The van der Waals surface area contributed by atoms with Gasteiger partial charge in [0.05, 0.1) is 0 Å². The molecule has 4 aromatic carbocycles. The van der Waals surface area contributed by atoms with Crippen LogP contribution in [0.25, 0.3) is 0 Å². The van der Waals surface area contributed by atoms with Crippen LogP contribution in [0.1, 0.15) is 13.8 Å². The second-order valence-electron chi connectivity index (χ2n) is 9.30. The van der Waals surface area contributed by atoms with Gasteiger partial charge in [0.2, 0.25) is 0 Å². The average Bonchev–Trinajstić information content (AvgIpc) is 2.85. The zero-order valence-electron chi connectivity index (χ0n) is 19.2. The van der Waals surface area contributed by atoms with Crippen LogP contribution in [0.2, 0.25) is 0 Å². The summed E-state index contributed by atoms with van der Waals surface area (Å²) in [5.74, 6) is 0. The SMILES string of the molecule is CC(C)(CP(=O)(c1ccccc1)c1ccccc1)CP(=O)(c1ccccc1)c1ccccc1.